The summed E-state index contributed by atoms with van der Waals surface area (Å²) in [4.78, 5) is 37.0. The second-order valence-electron chi connectivity index (χ2n) is 7.62. The van der Waals surface area contributed by atoms with Gasteiger partial charge in [-0.25, -0.2) is 17.9 Å². The third-order valence-electron chi connectivity index (χ3n) is 5.14. The van der Waals surface area contributed by atoms with Gasteiger partial charge in [-0.3, -0.25) is 14.9 Å². The molecule has 1 unspecified atom stereocenters. The summed E-state index contributed by atoms with van der Waals surface area (Å²) >= 11 is 0. The van der Waals surface area contributed by atoms with Crippen LogP contribution in [-0.2, 0) is 29.1 Å². The molecule has 2 rings (SSSR count). The van der Waals surface area contributed by atoms with E-state index in [-0.39, 0.29) is 35.6 Å². The standard InChI is InChI=1S/C22H29N3O8S/c1-5-9-32-10-11-33-22(27)20-15(3)24-14(2)19(18(26)13-34(30,31)23-4)21(20)16-7-6-8-17(12-16)25(28)29/h6-8,12,21,23-24H,5,9-11,13H2,1-4H3. The molecule has 0 saturated carbocycles. The molecular formula is C22H29N3O8S. The molecule has 0 bridgehead atoms. The molecule has 0 fully saturated rings. The number of benzene rings is 1. The molecule has 0 saturated heterocycles. The van der Waals surface area contributed by atoms with E-state index < -0.39 is 38.4 Å². The predicted molar refractivity (Wildman–Crippen MR) is 124 cm³/mol. The number of carbonyl (C=O) groups is 2. The average Bonchev–Trinajstić information content (AvgIpc) is 2.77. The molecule has 186 valence electrons. The number of ketones is 1. The van der Waals surface area contributed by atoms with Gasteiger partial charge >= 0.3 is 5.97 Å². The number of dihydropyridines is 1. The number of hydrogen-bond acceptors (Lipinski definition) is 9. The number of nitro benzene ring substituents is 1. The van der Waals surface area contributed by atoms with Gasteiger partial charge in [0.1, 0.15) is 12.4 Å². The van der Waals surface area contributed by atoms with Gasteiger partial charge in [-0.1, -0.05) is 19.1 Å². The second-order valence-corrected chi connectivity index (χ2v) is 9.55. The van der Waals surface area contributed by atoms with Crippen LogP contribution in [0.4, 0.5) is 5.69 Å². The lowest BCUT2D eigenvalue weighted by Crippen LogP contribution is -2.35. The monoisotopic (exact) mass is 495 g/mol. The first-order valence-corrected chi connectivity index (χ1v) is 12.3. The third-order valence-corrected chi connectivity index (χ3v) is 6.40. The Labute approximate surface area is 198 Å². The van der Waals surface area contributed by atoms with Gasteiger partial charge in [0.2, 0.25) is 10.0 Å². The first kappa shape index (κ1) is 27.2. The van der Waals surface area contributed by atoms with Crippen LogP contribution in [0.1, 0.15) is 38.7 Å². The molecule has 1 aliphatic heterocycles. The van der Waals surface area contributed by atoms with Crippen molar-refractivity contribution in [2.45, 2.75) is 33.1 Å². The molecular weight excluding hydrogens is 466 g/mol. The van der Waals surface area contributed by atoms with E-state index in [0.29, 0.717) is 18.0 Å². The molecule has 0 aromatic heterocycles. The van der Waals surface area contributed by atoms with Gasteiger partial charge in [0.15, 0.2) is 5.78 Å². The van der Waals surface area contributed by atoms with E-state index in [1.807, 2.05) is 6.92 Å². The minimum Gasteiger partial charge on any atom is -0.460 e. The molecule has 0 amide bonds. The van der Waals surface area contributed by atoms with E-state index in [4.69, 9.17) is 9.47 Å². The normalized spacial score (nSPS) is 16.3. The van der Waals surface area contributed by atoms with E-state index in [1.54, 1.807) is 19.9 Å². The number of hydrogen-bond donors (Lipinski definition) is 2. The quantitative estimate of drug-likeness (QED) is 0.191. The van der Waals surface area contributed by atoms with Crippen molar-refractivity contribution in [3.05, 3.63) is 62.5 Å². The highest BCUT2D eigenvalue weighted by Gasteiger charge is 2.38. The van der Waals surface area contributed by atoms with E-state index >= 15 is 0 Å². The number of nitro groups is 1. The van der Waals surface area contributed by atoms with E-state index in [0.717, 1.165) is 6.42 Å². The lowest BCUT2D eigenvalue weighted by molar-refractivity contribution is -0.384. The zero-order valence-electron chi connectivity index (χ0n) is 19.5. The number of sulfonamides is 1. The molecule has 1 heterocycles. The van der Waals surface area contributed by atoms with Gasteiger partial charge in [0.05, 0.1) is 17.1 Å². The van der Waals surface area contributed by atoms with Crippen LogP contribution in [0.15, 0.2) is 46.8 Å². The fraction of sp³-hybridized carbons (Fsp3) is 0.455. The predicted octanol–water partition coefficient (Wildman–Crippen LogP) is 1.92. The van der Waals surface area contributed by atoms with Crippen LogP contribution in [0.2, 0.25) is 0 Å². The summed E-state index contributed by atoms with van der Waals surface area (Å²) in [6.45, 7) is 5.80. The second kappa shape index (κ2) is 11.9. The minimum atomic E-state index is -3.91. The van der Waals surface area contributed by atoms with Crippen molar-refractivity contribution >= 4 is 27.5 Å². The lowest BCUT2D eigenvalue weighted by Gasteiger charge is -2.31. The Balaban J connectivity index is 2.54. The summed E-state index contributed by atoms with van der Waals surface area (Å²) in [5.41, 5.74) is 0.857. The molecule has 0 spiro atoms. The zero-order valence-corrected chi connectivity index (χ0v) is 20.4. The number of non-ortho nitro benzene ring substituents is 1. The molecule has 1 aliphatic rings. The van der Waals surface area contributed by atoms with Crippen LogP contribution in [-0.4, -0.2) is 57.7 Å². The molecule has 34 heavy (non-hydrogen) atoms. The molecule has 0 aliphatic carbocycles. The van der Waals surface area contributed by atoms with Crippen molar-refractivity contribution in [3.63, 3.8) is 0 Å². The van der Waals surface area contributed by atoms with Crippen molar-refractivity contribution in [2.24, 2.45) is 0 Å². The number of rotatable bonds is 12. The Morgan fingerprint density at radius 1 is 1.15 bits per heavy atom. The highest BCUT2D eigenvalue weighted by molar-refractivity contribution is 7.90. The highest BCUT2D eigenvalue weighted by atomic mass is 32.2. The Morgan fingerprint density at radius 2 is 1.82 bits per heavy atom. The van der Waals surface area contributed by atoms with Crippen molar-refractivity contribution in [1.29, 1.82) is 0 Å². The number of ether oxygens (including phenoxy) is 2. The molecule has 0 radical (unpaired) electrons. The number of Topliss-reactive ketones (excluding diaryl/α,β-unsaturated/α-hetero) is 1. The molecule has 2 N–H and O–H groups in total. The third kappa shape index (κ3) is 6.72. The Bertz CT molecular complexity index is 1120. The van der Waals surface area contributed by atoms with Crippen molar-refractivity contribution < 1.29 is 32.4 Å². The summed E-state index contributed by atoms with van der Waals surface area (Å²) in [6.07, 6.45) is 0.808. The topological polar surface area (TPSA) is 154 Å². The van der Waals surface area contributed by atoms with Gasteiger partial charge in [-0.15, -0.1) is 0 Å². The van der Waals surface area contributed by atoms with Crippen LogP contribution in [0.5, 0.6) is 0 Å². The van der Waals surface area contributed by atoms with Crippen LogP contribution in [0.25, 0.3) is 0 Å². The maximum atomic E-state index is 13.1. The number of allylic oxidation sites excluding steroid dienone is 3. The summed E-state index contributed by atoms with van der Waals surface area (Å²) in [5.74, 6) is -3.41. The molecule has 1 atom stereocenters. The molecule has 1 aromatic rings. The number of nitrogens with zero attached hydrogens (tertiary/aromatic N) is 1. The van der Waals surface area contributed by atoms with Crippen LogP contribution >= 0.6 is 0 Å². The van der Waals surface area contributed by atoms with Gasteiger partial charge in [-0.2, -0.15) is 0 Å². The summed E-state index contributed by atoms with van der Waals surface area (Å²) in [6, 6.07) is 5.52. The fourth-order valence-electron chi connectivity index (χ4n) is 3.63. The van der Waals surface area contributed by atoms with E-state index in [9.17, 15) is 28.1 Å². The van der Waals surface area contributed by atoms with Gasteiger partial charge in [-0.05, 0) is 32.9 Å². The molecule has 12 heteroatoms. The summed E-state index contributed by atoms with van der Waals surface area (Å²) in [5, 5.41) is 14.3. The maximum absolute atomic E-state index is 13.1. The SMILES string of the molecule is CCCOCCOC(=O)C1=C(C)NC(C)=C(C(=O)CS(=O)(=O)NC)C1c1cccc([N+](=O)[O-])c1. The van der Waals surface area contributed by atoms with E-state index in [2.05, 4.69) is 10.0 Å². The largest absolute Gasteiger partial charge is 0.460 e. The van der Waals surface area contributed by atoms with Gasteiger partial charge in [0, 0.05) is 41.6 Å². The van der Waals surface area contributed by atoms with Gasteiger partial charge < -0.3 is 14.8 Å². The number of carbonyl (C=O) groups excluding carboxylic acids is 2. The van der Waals surface area contributed by atoms with Crippen molar-refractivity contribution in [2.75, 3.05) is 32.6 Å². The van der Waals surface area contributed by atoms with E-state index in [1.165, 1.54) is 25.2 Å². The minimum absolute atomic E-state index is 0.0131. The lowest BCUT2D eigenvalue weighted by atomic mass is 9.79. The smallest absolute Gasteiger partial charge is 0.336 e. The zero-order chi connectivity index (χ0) is 25.5. The Morgan fingerprint density at radius 3 is 2.44 bits per heavy atom. The molecule has 1 aromatic carbocycles. The van der Waals surface area contributed by atoms with Gasteiger partial charge in [0.25, 0.3) is 5.69 Å². The maximum Gasteiger partial charge on any atom is 0.336 e. The summed E-state index contributed by atoms with van der Waals surface area (Å²) < 4.78 is 36.9. The Hall–Kier alpha value is -3.09. The fourth-order valence-corrected chi connectivity index (χ4v) is 4.27. The van der Waals surface area contributed by atoms with Crippen molar-refractivity contribution in [1.82, 2.24) is 10.0 Å². The van der Waals surface area contributed by atoms with Crippen LogP contribution in [0, 0.1) is 10.1 Å². The number of esters is 1. The van der Waals surface area contributed by atoms with Crippen molar-refractivity contribution in [3.8, 4) is 0 Å². The first-order chi connectivity index (χ1) is 16.0. The van der Waals surface area contributed by atoms with Crippen LogP contribution in [0.3, 0.4) is 0 Å². The Kier molecular flexibility index (Phi) is 9.47. The summed E-state index contributed by atoms with van der Waals surface area (Å²) in [7, 11) is -2.72. The highest BCUT2D eigenvalue weighted by Crippen LogP contribution is 2.40. The average molecular weight is 496 g/mol. The molecule has 11 nitrogen and oxygen atoms in total. The van der Waals surface area contributed by atoms with Crippen LogP contribution < -0.4 is 10.0 Å². The number of nitrogens with one attached hydrogen (secondary N) is 2. The first-order valence-electron chi connectivity index (χ1n) is 10.6.